The molecule has 0 radical (unpaired) electrons. The van der Waals surface area contributed by atoms with Crippen molar-refractivity contribution in [2.24, 2.45) is 11.8 Å². The molecule has 1 saturated heterocycles. The lowest BCUT2D eigenvalue weighted by Gasteiger charge is -2.28. The smallest absolute Gasteiger partial charge is 0.317 e. The van der Waals surface area contributed by atoms with Crippen LogP contribution in [0.1, 0.15) is 64.2 Å². The van der Waals surface area contributed by atoms with Crippen molar-refractivity contribution in [1.82, 2.24) is 0 Å². The molecule has 0 unspecified atom stereocenters. The number of phenolic OH excluding ortho intramolecular Hbond substituents is 2. The number of rotatable bonds is 8. The Morgan fingerprint density at radius 2 is 1.83 bits per heavy atom. The lowest BCUT2D eigenvalue weighted by atomic mass is 9.77. The number of hydrogen-bond acceptors (Lipinski definition) is 6. The monoisotopic (exact) mass is 414 g/mol. The first-order chi connectivity index (χ1) is 13.9. The van der Waals surface area contributed by atoms with Crippen LogP contribution in [0.3, 0.4) is 0 Å². The Balaban J connectivity index is 2.06. The maximum absolute atomic E-state index is 12.9. The predicted molar refractivity (Wildman–Crippen MR) is 113 cm³/mol. The van der Waals surface area contributed by atoms with E-state index in [1.54, 1.807) is 19.1 Å². The summed E-state index contributed by atoms with van der Waals surface area (Å²) in [4.78, 5) is 37.2. The summed E-state index contributed by atoms with van der Waals surface area (Å²) < 4.78 is 5.61. The van der Waals surface area contributed by atoms with Gasteiger partial charge in [0.05, 0.1) is 5.56 Å². The first-order valence-corrected chi connectivity index (χ1v) is 10.1. The van der Waals surface area contributed by atoms with Crippen molar-refractivity contribution in [1.29, 1.82) is 0 Å². The summed E-state index contributed by atoms with van der Waals surface area (Å²) in [6.07, 6.45) is 5.12. The van der Waals surface area contributed by atoms with Crippen molar-refractivity contribution < 1.29 is 29.3 Å². The van der Waals surface area contributed by atoms with Crippen LogP contribution in [0, 0.1) is 11.8 Å². The zero-order valence-electron chi connectivity index (χ0n) is 18.2. The van der Waals surface area contributed by atoms with Crippen molar-refractivity contribution in [3.63, 3.8) is 0 Å². The van der Waals surface area contributed by atoms with E-state index in [9.17, 15) is 24.6 Å². The van der Waals surface area contributed by atoms with Crippen LogP contribution in [0.5, 0.6) is 11.5 Å². The van der Waals surface area contributed by atoms with Gasteiger partial charge in [-0.05, 0) is 71.2 Å². The third-order valence-corrected chi connectivity index (χ3v) is 5.64. The second-order valence-corrected chi connectivity index (χ2v) is 8.53. The van der Waals surface area contributed by atoms with E-state index in [0.717, 1.165) is 17.2 Å². The Bertz CT molecular complexity index is 906. The molecule has 6 heteroatoms. The fourth-order valence-corrected chi connectivity index (χ4v) is 3.81. The van der Waals surface area contributed by atoms with E-state index in [2.05, 4.69) is 0 Å². The molecule has 6 nitrogen and oxygen atoms in total. The average Bonchev–Trinajstić information content (AvgIpc) is 2.82. The SMILES string of the molecule is CC(C)=CC(=O)/C=C(\C)CCC[C@@]1(C)OC(=O)[C@H](C(=O)c2ccc(O)cc2O)[C@H]1C. The minimum atomic E-state index is -1.01. The van der Waals surface area contributed by atoms with Crippen molar-refractivity contribution in [3.8, 4) is 11.5 Å². The number of carbonyl (C=O) groups excluding carboxylic acids is 3. The molecule has 30 heavy (non-hydrogen) atoms. The first kappa shape index (κ1) is 23.4. The maximum Gasteiger partial charge on any atom is 0.317 e. The first-order valence-electron chi connectivity index (χ1n) is 10.1. The number of Topliss-reactive ketones (excluding diaryl/α,β-unsaturated/α-hetero) is 1. The molecule has 1 aliphatic rings. The van der Waals surface area contributed by atoms with Gasteiger partial charge in [-0.1, -0.05) is 18.1 Å². The second-order valence-electron chi connectivity index (χ2n) is 8.53. The summed E-state index contributed by atoms with van der Waals surface area (Å²) in [5.41, 5.74) is 1.06. The molecule has 3 atom stereocenters. The number of cyclic esters (lactones) is 1. The Labute approximate surface area is 177 Å². The molecule has 1 aliphatic heterocycles. The lowest BCUT2D eigenvalue weighted by Crippen LogP contribution is -2.33. The summed E-state index contributed by atoms with van der Waals surface area (Å²) in [6, 6.07) is 3.67. The van der Waals surface area contributed by atoms with Gasteiger partial charge in [0.2, 0.25) is 0 Å². The number of aromatic hydroxyl groups is 2. The number of esters is 1. The van der Waals surface area contributed by atoms with Crippen LogP contribution in [0.25, 0.3) is 0 Å². The van der Waals surface area contributed by atoms with Crippen LogP contribution < -0.4 is 0 Å². The van der Waals surface area contributed by atoms with Crippen LogP contribution in [0.2, 0.25) is 0 Å². The number of hydrogen-bond donors (Lipinski definition) is 2. The molecular weight excluding hydrogens is 384 g/mol. The Morgan fingerprint density at radius 1 is 1.17 bits per heavy atom. The number of carbonyl (C=O) groups is 3. The number of phenols is 2. The summed E-state index contributed by atoms with van der Waals surface area (Å²) in [6.45, 7) is 9.24. The van der Waals surface area contributed by atoms with E-state index < -0.39 is 23.3 Å². The molecule has 0 bridgehead atoms. The third kappa shape index (κ3) is 5.38. The summed E-state index contributed by atoms with van der Waals surface area (Å²) in [7, 11) is 0. The van der Waals surface area contributed by atoms with Gasteiger partial charge >= 0.3 is 5.97 Å². The Kier molecular flexibility index (Phi) is 7.24. The van der Waals surface area contributed by atoms with E-state index in [0.29, 0.717) is 19.3 Å². The van der Waals surface area contributed by atoms with Gasteiger partial charge in [0.25, 0.3) is 0 Å². The summed E-state index contributed by atoms with van der Waals surface area (Å²) in [5.74, 6) is -3.09. The van der Waals surface area contributed by atoms with Gasteiger partial charge < -0.3 is 14.9 Å². The highest BCUT2D eigenvalue weighted by molar-refractivity contribution is 6.11. The van der Waals surface area contributed by atoms with Gasteiger partial charge in [-0.3, -0.25) is 14.4 Å². The van der Waals surface area contributed by atoms with Gasteiger partial charge in [0.1, 0.15) is 23.0 Å². The zero-order valence-corrected chi connectivity index (χ0v) is 18.2. The fraction of sp³-hybridized carbons (Fsp3) is 0.458. The van der Waals surface area contributed by atoms with Gasteiger partial charge in [-0.15, -0.1) is 0 Å². The van der Waals surface area contributed by atoms with Crippen molar-refractivity contribution in [2.75, 3.05) is 0 Å². The molecular formula is C24H30O6. The molecule has 0 aliphatic carbocycles. The molecule has 1 aromatic rings. The maximum atomic E-state index is 12.9. The number of benzene rings is 1. The molecule has 1 aromatic carbocycles. The lowest BCUT2D eigenvalue weighted by molar-refractivity contribution is -0.149. The zero-order chi connectivity index (χ0) is 22.6. The second kappa shape index (κ2) is 9.28. The topological polar surface area (TPSA) is 101 Å². The highest BCUT2D eigenvalue weighted by Gasteiger charge is 2.53. The molecule has 0 spiro atoms. The molecule has 0 aromatic heterocycles. The summed E-state index contributed by atoms with van der Waals surface area (Å²) in [5, 5.41) is 19.4. The van der Waals surface area contributed by atoms with Crippen LogP contribution in [-0.2, 0) is 14.3 Å². The average molecular weight is 414 g/mol. The van der Waals surface area contributed by atoms with Crippen molar-refractivity contribution >= 4 is 17.5 Å². The largest absolute Gasteiger partial charge is 0.508 e. The van der Waals surface area contributed by atoms with E-state index in [4.69, 9.17) is 4.74 Å². The van der Waals surface area contributed by atoms with Crippen molar-refractivity contribution in [2.45, 2.75) is 59.5 Å². The van der Waals surface area contributed by atoms with Crippen LogP contribution >= 0.6 is 0 Å². The molecule has 0 amide bonds. The number of ether oxygens (including phenoxy) is 1. The van der Waals surface area contributed by atoms with Crippen LogP contribution in [0.15, 0.2) is 41.5 Å². The molecule has 2 rings (SSSR count). The molecule has 2 N–H and O–H groups in total. The summed E-state index contributed by atoms with van der Waals surface area (Å²) >= 11 is 0. The predicted octanol–water partition coefficient (Wildman–Crippen LogP) is 4.50. The van der Waals surface area contributed by atoms with E-state index in [1.165, 1.54) is 12.1 Å². The van der Waals surface area contributed by atoms with Gasteiger partial charge in [-0.25, -0.2) is 0 Å². The molecule has 162 valence electrons. The van der Waals surface area contributed by atoms with E-state index in [-0.39, 0.29) is 28.8 Å². The molecule has 0 saturated carbocycles. The van der Waals surface area contributed by atoms with Gasteiger partial charge in [0, 0.05) is 12.0 Å². The Hall–Kier alpha value is -2.89. The third-order valence-electron chi connectivity index (χ3n) is 5.64. The van der Waals surface area contributed by atoms with E-state index in [1.807, 2.05) is 27.7 Å². The van der Waals surface area contributed by atoms with Crippen molar-refractivity contribution in [3.05, 3.63) is 47.1 Å². The standard InChI is InChI=1S/C24H30O6/c1-14(2)11-18(26)12-15(3)7-6-10-24(5)16(4)21(23(29)30-24)22(28)19-9-8-17(25)13-20(19)27/h8-9,11-13,16,21,25,27H,6-7,10H2,1-5H3/b15-12+/t16-,21+,24-/m1/s1. The van der Waals surface area contributed by atoms with Crippen LogP contribution in [-0.4, -0.2) is 33.3 Å². The molecule has 1 fully saturated rings. The number of allylic oxidation sites excluding steroid dienone is 4. The minimum absolute atomic E-state index is 0.0117. The van der Waals surface area contributed by atoms with Crippen LogP contribution in [0.4, 0.5) is 0 Å². The minimum Gasteiger partial charge on any atom is -0.508 e. The van der Waals surface area contributed by atoms with E-state index >= 15 is 0 Å². The van der Waals surface area contributed by atoms with Gasteiger partial charge in [0.15, 0.2) is 11.6 Å². The highest BCUT2D eigenvalue weighted by Crippen LogP contribution is 2.43. The molecule has 1 heterocycles. The quantitative estimate of drug-likeness (QED) is 0.281. The highest BCUT2D eigenvalue weighted by atomic mass is 16.6. The van der Waals surface area contributed by atoms with Gasteiger partial charge in [-0.2, -0.15) is 0 Å². The Morgan fingerprint density at radius 3 is 2.43 bits per heavy atom. The number of ketones is 2. The fourth-order valence-electron chi connectivity index (χ4n) is 3.81. The normalized spacial score (nSPS) is 23.8.